The predicted octanol–water partition coefficient (Wildman–Crippen LogP) is 0.667. The molecule has 0 aliphatic heterocycles. The molecule has 4 nitrogen and oxygen atoms in total. The van der Waals surface area contributed by atoms with Crippen molar-refractivity contribution in [3.05, 3.63) is 35.9 Å². The van der Waals surface area contributed by atoms with Crippen molar-refractivity contribution >= 4 is 5.91 Å². The van der Waals surface area contributed by atoms with E-state index >= 15 is 0 Å². The number of amides is 1. The number of hydrogen-bond donors (Lipinski definition) is 2. The summed E-state index contributed by atoms with van der Waals surface area (Å²) in [5, 5.41) is 3.22. The van der Waals surface area contributed by atoms with Crippen LogP contribution >= 0.6 is 0 Å². The first-order valence-electron chi connectivity index (χ1n) is 5.35. The average molecular weight is 222 g/mol. The maximum absolute atomic E-state index is 10.7. The Morgan fingerprint density at radius 1 is 1.44 bits per heavy atom. The Morgan fingerprint density at radius 3 is 2.75 bits per heavy atom. The third-order valence-electron chi connectivity index (χ3n) is 2.22. The van der Waals surface area contributed by atoms with Crippen molar-refractivity contribution in [3.8, 4) is 0 Å². The topological polar surface area (TPSA) is 64.3 Å². The van der Waals surface area contributed by atoms with Crippen LogP contribution in [0.5, 0.6) is 0 Å². The van der Waals surface area contributed by atoms with Gasteiger partial charge in [-0.25, -0.2) is 0 Å². The molecule has 0 spiro atoms. The summed E-state index contributed by atoms with van der Waals surface area (Å²) < 4.78 is 5.20. The molecule has 0 aromatic heterocycles. The number of hydrogen-bond acceptors (Lipinski definition) is 3. The summed E-state index contributed by atoms with van der Waals surface area (Å²) in [7, 11) is 0. The lowest BCUT2D eigenvalue weighted by Crippen LogP contribution is -2.30. The third kappa shape index (κ3) is 4.91. The van der Waals surface area contributed by atoms with Gasteiger partial charge >= 0.3 is 0 Å². The number of nitrogens with two attached hydrogens (primary N) is 1. The SMILES string of the molecule is CC(OCCNCc1ccccc1)C(N)=O. The van der Waals surface area contributed by atoms with Gasteiger partial charge in [-0.1, -0.05) is 30.3 Å². The van der Waals surface area contributed by atoms with Gasteiger partial charge in [0.15, 0.2) is 0 Å². The molecule has 1 unspecified atom stereocenters. The molecule has 1 rings (SSSR count). The van der Waals surface area contributed by atoms with Gasteiger partial charge in [-0.2, -0.15) is 0 Å². The summed E-state index contributed by atoms with van der Waals surface area (Å²) in [4.78, 5) is 10.7. The molecule has 0 fully saturated rings. The summed E-state index contributed by atoms with van der Waals surface area (Å²) in [5.41, 5.74) is 6.28. The highest BCUT2D eigenvalue weighted by molar-refractivity contribution is 5.78. The molecule has 0 aliphatic rings. The molecule has 1 atom stereocenters. The highest BCUT2D eigenvalue weighted by atomic mass is 16.5. The van der Waals surface area contributed by atoms with E-state index < -0.39 is 12.0 Å². The van der Waals surface area contributed by atoms with Crippen LogP contribution in [-0.2, 0) is 16.1 Å². The number of carbonyl (C=O) groups excluding carboxylic acids is 1. The number of ether oxygens (including phenoxy) is 1. The summed E-state index contributed by atoms with van der Waals surface area (Å²) in [6.45, 7) is 3.64. The molecular formula is C12H18N2O2. The second kappa shape index (κ2) is 6.98. The van der Waals surface area contributed by atoms with Crippen molar-refractivity contribution in [1.82, 2.24) is 5.32 Å². The van der Waals surface area contributed by atoms with Crippen LogP contribution in [0.3, 0.4) is 0 Å². The zero-order valence-corrected chi connectivity index (χ0v) is 9.48. The largest absolute Gasteiger partial charge is 0.367 e. The molecular weight excluding hydrogens is 204 g/mol. The van der Waals surface area contributed by atoms with Gasteiger partial charge in [0, 0.05) is 13.1 Å². The molecule has 16 heavy (non-hydrogen) atoms. The number of nitrogens with one attached hydrogen (secondary N) is 1. The van der Waals surface area contributed by atoms with Crippen LogP contribution in [0.25, 0.3) is 0 Å². The van der Waals surface area contributed by atoms with Crippen LogP contribution in [0.1, 0.15) is 12.5 Å². The fourth-order valence-electron chi connectivity index (χ4n) is 1.22. The molecule has 1 aromatic rings. The van der Waals surface area contributed by atoms with Gasteiger partial charge in [-0.15, -0.1) is 0 Å². The summed E-state index contributed by atoms with van der Waals surface area (Å²) in [5.74, 6) is -0.428. The van der Waals surface area contributed by atoms with Crippen molar-refractivity contribution < 1.29 is 9.53 Å². The average Bonchev–Trinajstić information content (AvgIpc) is 2.29. The first kappa shape index (κ1) is 12.7. The van der Waals surface area contributed by atoms with E-state index in [0.29, 0.717) is 13.2 Å². The minimum atomic E-state index is -0.515. The highest BCUT2D eigenvalue weighted by Gasteiger charge is 2.07. The summed E-state index contributed by atoms with van der Waals surface area (Å²) in [6.07, 6.45) is -0.515. The Balaban J connectivity index is 2.07. The van der Waals surface area contributed by atoms with Gasteiger partial charge in [0.2, 0.25) is 5.91 Å². The molecule has 0 saturated heterocycles. The van der Waals surface area contributed by atoms with E-state index in [9.17, 15) is 4.79 Å². The van der Waals surface area contributed by atoms with Crippen LogP contribution in [0.15, 0.2) is 30.3 Å². The fourth-order valence-corrected chi connectivity index (χ4v) is 1.22. The fraction of sp³-hybridized carbons (Fsp3) is 0.417. The predicted molar refractivity (Wildman–Crippen MR) is 62.8 cm³/mol. The van der Waals surface area contributed by atoms with Crippen LogP contribution < -0.4 is 11.1 Å². The lowest BCUT2D eigenvalue weighted by molar-refractivity contribution is -0.128. The Bertz CT molecular complexity index is 314. The van der Waals surface area contributed by atoms with Gasteiger partial charge in [0.05, 0.1) is 6.61 Å². The molecule has 1 amide bonds. The van der Waals surface area contributed by atoms with E-state index in [1.54, 1.807) is 6.92 Å². The Morgan fingerprint density at radius 2 is 2.12 bits per heavy atom. The lowest BCUT2D eigenvalue weighted by atomic mass is 10.2. The first-order chi connectivity index (χ1) is 7.70. The van der Waals surface area contributed by atoms with Gasteiger partial charge < -0.3 is 15.8 Å². The molecule has 0 heterocycles. The smallest absolute Gasteiger partial charge is 0.246 e. The van der Waals surface area contributed by atoms with Crippen LogP contribution in [-0.4, -0.2) is 25.2 Å². The quantitative estimate of drug-likeness (QED) is 0.666. The van der Waals surface area contributed by atoms with E-state index in [0.717, 1.165) is 6.54 Å². The summed E-state index contributed by atoms with van der Waals surface area (Å²) >= 11 is 0. The zero-order chi connectivity index (χ0) is 11.8. The van der Waals surface area contributed by atoms with Crippen LogP contribution in [0.4, 0.5) is 0 Å². The molecule has 4 heteroatoms. The maximum atomic E-state index is 10.7. The van der Waals surface area contributed by atoms with E-state index in [-0.39, 0.29) is 0 Å². The van der Waals surface area contributed by atoms with E-state index in [1.807, 2.05) is 18.2 Å². The molecule has 88 valence electrons. The molecule has 0 aliphatic carbocycles. The molecule has 0 bridgehead atoms. The maximum Gasteiger partial charge on any atom is 0.246 e. The minimum absolute atomic E-state index is 0.428. The summed E-state index contributed by atoms with van der Waals surface area (Å²) in [6, 6.07) is 10.1. The lowest BCUT2D eigenvalue weighted by Gasteiger charge is -2.09. The van der Waals surface area contributed by atoms with Gasteiger partial charge in [0.1, 0.15) is 6.10 Å². The minimum Gasteiger partial charge on any atom is -0.367 e. The number of primary amides is 1. The molecule has 0 radical (unpaired) electrons. The van der Waals surface area contributed by atoms with Crippen molar-refractivity contribution in [2.45, 2.75) is 19.6 Å². The molecule has 0 saturated carbocycles. The van der Waals surface area contributed by atoms with Gasteiger partial charge in [-0.3, -0.25) is 4.79 Å². The molecule has 3 N–H and O–H groups in total. The van der Waals surface area contributed by atoms with Crippen molar-refractivity contribution in [2.75, 3.05) is 13.2 Å². The second-order valence-corrected chi connectivity index (χ2v) is 3.58. The Kier molecular flexibility index (Phi) is 5.53. The van der Waals surface area contributed by atoms with Gasteiger partial charge in [-0.05, 0) is 12.5 Å². The Labute approximate surface area is 95.8 Å². The van der Waals surface area contributed by atoms with E-state index in [1.165, 1.54) is 5.56 Å². The van der Waals surface area contributed by atoms with Gasteiger partial charge in [0.25, 0.3) is 0 Å². The normalized spacial score (nSPS) is 12.3. The number of carbonyl (C=O) groups is 1. The molecule has 1 aromatic carbocycles. The standard InChI is InChI=1S/C12H18N2O2/c1-10(12(13)15)16-8-7-14-9-11-5-3-2-4-6-11/h2-6,10,14H,7-9H2,1H3,(H2,13,15). The van der Waals surface area contributed by atoms with Crippen molar-refractivity contribution in [3.63, 3.8) is 0 Å². The monoisotopic (exact) mass is 222 g/mol. The van der Waals surface area contributed by atoms with E-state index in [2.05, 4.69) is 17.4 Å². The number of rotatable bonds is 7. The third-order valence-corrected chi connectivity index (χ3v) is 2.22. The highest BCUT2D eigenvalue weighted by Crippen LogP contribution is 1.96. The second-order valence-electron chi connectivity index (χ2n) is 3.58. The van der Waals surface area contributed by atoms with Crippen molar-refractivity contribution in [1.29, 1.82) is 0 Å². The van der Waals surface area contributed by atoms with Crippen LogP contribution in [0.2, 0.25) is 0 Å². The van der Waals surface area contributed by atoms with Crippen molar-refractivity contribution in [2.24, 2.45) is 5.73 Å². The van der Waals surface area contributed by atoms with E-state index in [4.69, 9.17) is 10.5 Å². The number of benzene rings is 1. The Hall–Kier alpha value is -1.39. The first-order valence-corrected chi connectivity index (χ1v) is 5.35. The van der Waals surface area contributed by atoms with Crippen LogP contribution in [0, 0.1) is 0 Å². The zero-order valence-electron chi connectivity index (χ0n) is 9.48.